The highest BCUT2D eigenvalue weighted by Gasteiger charge is 2.51. The summed E-state index contributed by atoms with van der Waals surface area (Å²) in [5.41, 5.74) is -0.771. The lowest BCUT2D eigenvalue weighted by atomic mass is 9.82. The quantitative estimate of drug-likeness (QED) is 0.801. The van der Waals surface area contributed by atoms with Crippen molar-refractivity contribution < 1.29 is 14.4 Å². The Morgan fingerprint density at radius 2 is 1.81 bits per heavy atom. The maximum atomic E-state index is 12.8. The molecule has 0 unspecified atom stereocenters. The van der Waals surface area contributed by atoms with E-state index < -0.39 is 11.6 Å². The molecule has 4 amide bonds. The number of urea groups is 1. The Hall–Kier alpha value is -2.64. The van der Waals surface area contributed by atoms with Crippen LogP contribution in [0.4, 0.5) is 10.6 Å². The van der Waals surface area contributed by atoms with E-state index in [-0.39, 0.29) is 18.4 Å². The molecular weight excluding hydrogens is 346 g/mol. The average Bonchev–Trinajstić information content (AvgIpc) is 2.93. The summed E-state index contributed by atoms with van der Waals surface area (Å²) >= 11 is 0. The highest BCUT2D eigenvalue weighted by molar-refractivity contribution is 6.09. The van der Waals surface area contributed by atoms with Gasteiger partial charge < -0.3 is 15.1 Å². The predicted molar refractivity (Wildman–Crippen MR) is 99.1 cm³/mol. The number of nitrogens with one attached hydrogen (secondary N) is 1. The summed E-state index contributed by atoms with van der Waals surface area (Å²) in [4.78, 5) is 47.1. The van der Waals surface area contributed by atoms with E-state index >= 15 is 0 Å². The molecule has 8 nitrogen and oxygen atoms in total. The van der Waals surface area contributed by atoms with Gasteiger partial charge in [-0.15, -0.1) is 0 Å². The van der Waals surface area contributed by atoms with Gasteiger partial charge in [0.2, 0.25) is 5.91 Å². The zero-order valence-electron chi connectivity index (χ0n) is 15.4. The Bertz CT molecular complexity index is 724. The maximum Gasteiger partial charge on any atom is 0.325 e. The average molecular weight is 371 g/mol. The SMILES string of the molecule is O=C(CN1C(=O)NC2(CCCCC2)C1=O)N1CCN(c2ccccn2)CC1. The van der Waals surface area contributed by atoms with Crippen molar-refractivity contribution in [2.75, 3.05) is 37.6 Å². The smallest absolute Gasteiger partial charge is 0.325 e. The number of nitrogens with zero attached hydrogens (tertiary/aromatic N) is 4. The van der Waals surface area contributed by atoms with Crippen molar-refractivity contribution in [1.29, 1.82) is 0 Å². The van der Waals surface area contributed by atoms with Crippen molar-refractivity contribution in [2.24, 2.45) is 0 Å². The Kier molecular flexibility index (Phi) is 4.72. The molecule has 2 saturated heterocycles. The summed E-state index contributed by atoms with van der Waals surface area (Å²) in [5.74, 6) is 0.498. The summed E-state index contributed by atoms with van der Waals surface area (Å²) in [6.45, 7) is 2.32. The van der Waals surface area contributed by atoms with Crippen molar-refractivity contribution in [1.82, 2.24) is 20.1 Å². The molecule has 3 aliphatic rings. The monoisotopic (exact) mass is 371 g/mol. The number of carbonyl (C=O) groups excluding carboxylic acids is 3. The highest BCUT2D eigenvalue weighted by atomic mass is 16.2. The Labute approximate surface area is 158 Å². The highest BCUT2D eigenvalue weighted by Crippen LogP contribution is 2.33. The molecule has 8 heteroatoms. The van der Waals surface area contributed by atoms with E-state index in [9.17, 15) is 14.4 Å². The first kappa shape index (κ1) is 17.8. The number of anilines is 1. The minimum Gasteiger partial charge on any atom is -0.353 e. The number of rotatable bonds is 3. The van der Waals surface area contributed by atoms with Gasteiger partial charge in [0.25, 0.3) is 5.91 Å². The zero-order chi connectivity index (χ0) is 18.9. The summed E-state index contributed by atoms with van der Waals surface area (Å²) in [6, 6.07) is 5.34. The third kappa shape index (κ3) is 3.36. The zero-order valence-corrected chi connectivity index (χ0v) is 15.4. The minimum atomic E-state index is -0.771. The summed E-state index contributed by atoms with van der Waals surface area (Å²) in [6.07, 6.45) is 6.05. The first-order chi connectivity index (χ1) is 13.1. The van der Waals surface area contributed by atoms with Gasteiger partial charge >= 0.3 is 6.03 Å². The lowest BCUT2D eigenvalue weighted by Gasteiger charge is -2.36. The molecule has 1 aromatic heterocycles. The molecule has 144 valence electrons. The lowest BCUT2D eigenvalue weighted by Crippen LogP contribution is -2.52. The normalized spacial score (nSPS) is 22.3. The molecule has 1 spiro atoms. The molecule has 3 heterocycles. The first-order valence-corrected chi connectivity index (χ1v) is 9.67. The van der Waals surface area contributed by atoms with Crippen LogP contribution in [0.3, 0.4) is 0 Å². The van der Waals surface area contributed by atoms with E-state index in [0.29, 0.717) is 39.0 Å². The van der Waals surface area contributed by atoms with Crippen molar-refractivity contribution >= 4 is 23.7 Å². The van der Waals surface area contributed by atoms with Crippen molar-refractivity contribution in [3.63, 3.8) is 0 Å². The van der Waals surface area contributed by atoms with E-state index in [1.165, 1.54) is 0 Å². The van der Waals surface area contributed by atoms with Crippen LogP contribution in [0.5, 0.6) is 0 Å². The number of aromatic nitrogens is 1. The fourth-order valence-corrected chi connectivity index (χ4v) is 4.28. The number of imide groups is 1. The molecule has 0 radical (unpaired) electrons. The van der Waals surface area contributed by atoms with Crippen LogP contribution in [0, 0.1) is 0 Å². The number of carbonyl (C=O) groups is 3. The Morgan fingerprint density at radius 1 is 1.07 bits per heavy atom. The second kappa shape index (κ2) is 7.17. The van der Waals surface area contributed by atoms with Gasteiger partial charge in [0.1, 0.15) is 17.9 Å². The van der Waals surface area contributed by atoms with Gasteiger partial charge in [-0.25, -0.2) is 9.78 Å². The number of pyridine rings is 1. The van der Waals surface area contributed by atoms with Crippen LogP contribution >= 0.6 is 0 Å². The van der Waals surface area contributed by atoms with Gasteiger partial charge in [-0.3, -0.25) is 14.5 Å². The third-order valence-electron chi connectivity index (χ3n) is 5.85. The molecule has 0 aromatic carbocycles. The van der Waals surface area contributed by atoms with E-state index in [2.05, 4.69) is 15.2 Å². The number of hydrogen-bond acceptors (Lipinski definition) is 5. The molecule has 4 rings (SSSR count). The van der Waals surface area contributed by atoms with E-state index in [1.807, 2.05) is 18.2 Å². The predicted octanol–water partition coefficient (Wildman–Crippen LogP) is 0.985. The van der Waals surface area contributed by atoms with Crippen molar-refractivity contribution in [3.8, 4) is 0 Å². The number of piperazine rings is 1. The van der Waals surface area contributed by atoms with Crippen LogP contribution in [0.1, 0.15) is 32.1 Å². The summed E-state index contributed by atoms with van der Waals surface area (Å²) in [7, 11) is 0. The maximum absolute atomic E-state index is 12.8. The van der Waals surface area contributed by atoms with Crippen LogP contribution in [-0.4, -0.2) is 70.9 Å². The van der Waals surface area contributed by atoms with Gasteiger partial charge in [0.15, 0.2) is 0 Å². The molecule has 0 bridgehead atoms. The summed E-state index contributed by atoms with van der Waals surface area (Å²) < 4.78 is 0. The molecule has 1 aliphatic carbocycles. The second-order valence-electron chi connectivity index (χ2n) is 7.52. The van der Waals surface area contributed by atoms with Crippen LogP contribution in [0.2, 0.25) is 0 Å². The standard InChI is InChI=1S/C19H25N5O3/c25-16(23-12-10-22(11-13-23)15-6-2-5-9-20-15)14-24-17(26)19(21-18(24)27)7-3-1-4-8-19/h2,5-6,9H,1,3-4,7-8,10-14H2,(H,21,27). The van der Waals surface area contributed by atoms with Gasteiger partial charge in [0.05, 0.1) is 0 Å². The summed E-state index contributed by atoms with van der Waals surface area (Å²) in [5, 5.41) is 2.86. The molecule has 1 saturated carbocycles. The van der Waals surface area contributed by atoms with Crippen LogP contribution in [0.15, 0.2) is 24.4 Å². The molecular formula is C19H25N5O3. The van der Waals surface area contributed by atoms with Gasteiger partial charge in [-0.1, -0.05) is 25.3 Å². The Morgan fingerprint density at radius 3 is 2.48 bits per heavy atom. The Balaban J connectivity index is 1.34. The number of amides is 4. The van der Waals surface area contributed by atoms with E-state index in [4.69, 9.17) is 0 Å². The third-order valence-corrected chi connectivity index (χ3v) is 5.85. The van der Waals surface area contributed by atoms with Gasteiger partial charge in [-0.05, 0) is 25.0 Å². The number of hydrogen-bond donors (Lipinski definition) is 1. The fourth-order valence-electron chi connectivity index (χ4n) is 4.28. The van der Waals surface area contributed by atoms with E-state index in [1.54, 1.807) is 11.1 Å². The lowest BCUT2D eigenvalue weighted by molar-refractivity contribution is -0.139. The molecule has 0 atom stereocenters. The molecule has 1 N–H and O–H groups in total. The van der Waals surface area contributed by atoms with Crippen LogP contribution in [0.25, 0.3) is 0 Å². The van der Waals surface area contributed by atoms with Gasteiger partial charge in [-0.2, -0.15) is 0 Å². The van der Waals surface area contributed by atoms with Gasteiger partial charge in [0, 0.05) is 32.4 Å². The van der Waals surface area contributed by atoms with Crippen LogP contribution in [-0.2, 0) is 9.59 Å². The topological polar surface area (TPSA) is 85.8 Å². The molecule has 3 fully saturated rings. The van der Waals surface area contributed by atoms with Crippen LogP contribution < -0.4 is 10.2 Å². The molecule has 2 aliphatic heterocycles. The second-order valence-corrected chi connectivity index (χ2v) is 7.52. The molecule has 1 aromatic rings. The largest absolute Gasteiger partial charge is 0.353 e. The minimum absolute atomic E-state index is 0.171. The molecule has 27 heavy (non-hydrogen) atoms. The van der Waals surface area contributed by atoms with E-state index in [0.717, 1.165) is 30.0 Å². The van der Waals surface area contributed by atoms with Crippen molar-refractivity contribution in [3.05, 3.63) is 24.4 Å². The first-order valence-electron chi connectivity index (χ1n) is 9.67. The van der Waals surface area contributed by atoms with Crippen molar-refractivity contribution in [2.45, 2.75) is 37.6 Å². The fraction of sp³-hybridized carbons (Fsp3) is 0.579.